The lowest BCUT2D eigenvalue weighted by Crippen LogP contribution is -2.54. The molecule has 0 aromatic carbocycles. The van der Waals surface area contributed by atoms with Crippen molar-refractivity contribution in [3.63, 3.8) is 0 Å². The van der Waals surface area contributed by atoms with Crippen molar-refractivity contribution in [2.45, 2.75) is 56.5 Å². The highest BCUT2D eigenvalue weighted by atomic mass is 16.4. The Morgan fingerprint density at radius 3 is 2.35 bits per heavy atom. The van der Waals surface area contributed by atoms with Gasteiger partial charge in [-0.25, -0.2) is 0 Å². The van der Waals surface area contributed by atoms with Crippen LogP contribution in [0.2, 0.25) is 0 Å². The van der Waals surface area contributed by atoms with Gasteiger partial charge in [-0.3, -0.25) is 9.59 Å². The minimum Gasteiger partial charge on any atom is -0.481 e. The molecule has 2 fully saturated rings. The Morgan fingerprint density at radius 2 is 1.88 bits per heavy atom. The van der Waals surface area contributed by atoms with E-state index in [1.165, 1.54) is 0 Å². The van der Waals surface area contributed by atoms with E-state index in [0.717, 1.165) is 38.5 Å². The fraction of sp³-hybridized carbons (Fsp3) is 0.833. The second-order valence-corrected chi connectivity index (χ2v) is 5.24. The van der Waals surface area contributed by atoms with E-state index in [4.69, 9.17) is 10.8 Å². The number of aliphatic carboxylic acids is 1. The van der Waals surface area contributed by atoms with Gasteiger partial charge in [0.15, 0.2) is 0 Å². The number of hydrogen-bond acceptors (Lipinski definition) is 3. The molecule has 96 valence electrons. The molecule has 0 unspecified atom stereocenters. The molecule has 2 aliphatic carbocycles. The number of rotatable bonds is 5. The first-order valence-corrected chi connectivity index (χ1v) is 6.35. The van der Waals surface area contributed by atoms with Crippen LogP contribution in [0.3, 0.4) is 0 Å². The van der Waals surface area contributed by atoms with Crippen molar-refractivity contribution < 1.29 is 14.7 Å². The van der Waals surface area contributed by atoms with Crippen LogP contribution in [0, 0.1) is 0 Å². The minimum atomic E-state index is -0.860. The molecular formula is C12H20N2O3. The van der Waals surface area contributed by atoms with Crippen LogP contribution in [-0.4, -0.2) is 40.0 Å². The highest BCUT2D eigenvalue weighted by Crippen LogP contribution is 2.34. The van der Waals surface area contributed by atoms with Gasteiger partial charge >= 0.3 is 5.97 Å². The fourth-order valence-electron chi connectivity index (χ4n) is 2.56. The van der Waals surface area contributed by atoms with Gasteiger partial charge in [-0.1, -0.05) is 12.8 Å². The van der Waals surface area contributed by atoms with Crippen LogP contribution in [0.15, 0.2) is 0 Å². The van der Waals surface area contributed by atoms with Crippen molar-refractivity contribution in [1.29, 1.82) is 0 Å². The van der Waals surface area contributed by atoms with Crippen LogP contribution in [0.5, 0.6) is 0 Å². The van der Waals surface area contributed by atoms with Crippen LogP contribution < -0.4 is 5.73 Å². The quantitative estimate of drug-likeness (QED) is 0.741. The van der Waals surface area contributed by atoms with Crippen molar-refractivity contribution in [3.05, 3.63) is 0 Å². The van der Waals surface area contributed by atoms with Crippen LogP contribution >= 0.6 is 0 Å². The molecule has 0 saturated heterocycles. The zero-order chi connectivity index (χ0) is 12.5. The summed E-state index contributed by atoms with van der Waals surface area (Å²) in [6.07, 6.45) is 5.46. The van der Waals surface area contributed by atoms with Gasteiger partial charge in [0.1, 0.15) is 0 Å². The largest absolute Gasteiger partial charge is 0.481 e. The Labute approximate surface area is 101 Å². The van der Waals surface area contributed by atoms with Gasteiger partial charge in [-0.2, -0.15) is 0 Å². The summed E-state index contributed by atoms with van der Waals surface area (Å²) in [4.78, 5) is 24.7. The molecule has 2 aliphatic rings. The van der Waals surface area contributed by atoms with E-state index in [-0.39, 0.29) is 18.4 Å². The molecule has 0 spiro atoms. The first-order chi connectivity index (χ1) is 8.03. The summed E-state index contributed by atoms with van der Waals surface area (Å²) in [6, 6.07) is 0.239. The summed E-state index contributed by atoms with van der Waals surface area (Å²) in [5.41, 5.74) is 5.42. The van der Waals surface area contributed by atoms with Crippen LogP contribution in [0.1, 0.15) is 44.9 Å². The smallest absolute Gasteiger partial charge is 0.305 e. The summed E-state index contributed by atoms with van der Waals surface area (Å²) in [7, 11) is 0. The lowest BCUT2D eigenvalue weighted by Gasteiger charge is -2.31. The average molecular weight is 240 g/mol. The molecular weight excluding hydrogens is 220 g/mol. The normalized spacial score (nSPS) is 22.4. The Morgan fingerprint density at radius 1 is 1.29 bits per heavy atom. The number of carboxylic acids is 1. The van der Waals surface area contributed by atoms with Gasteiger partial charge in [0.25, 0.3) is 0 Å². The maximum Gasteiger partial charge on any atom is 0.305 e. The van der Waals surface area contributed by atoms with E-state index in [1.807, 2.05) is 0 Å². The van der Waals surface area contributed by atoms with Gasteiger partial charge in [0, 0.05) is 12.6 Å². The first kappa shape index (κ1) is 12.4. The Hall–Kier alpha value is -1.10. The number of amides is 1. The minimum absolute atomic E-state index is 0.0122. The van der Waals surface area contributed by atoms with E-state index in [0.29, 0.717) is 6.54 Å². The third-order valence-corrected chi connectivity index (χ3v) is 3.74. The molecule has 3 N–H and O–H groups in total. The number of nitrogens with two attached hydrogens (primary N) is 1. The van der Waals surface area contributed by atoms with Crippen molar-refractivity contribution >= 4 is 11.9 Å². The van der Waals surface area contributed by atoms with Crippen LogP contribution in [-0.2, 0) is 9.59 Å². The highest BCUT2D eigenvalue weighted by Gasteiger charge is 2.44. The lowest BCUT2D eigenvalue weighted by molar-refractivity contribution is -0.140. The van der Waals surface area contributed by atoms with Gasteiger partial charge < -0.3 is 15.7 Å². The Balaban J connectivity index is 1.99. The second-order valence-electron chi connectivity index (χ2n) is 5.24. The molecule has 0 atom stereocenters. The summed E-state index contributed by atoms with van der Waals surface area (Å²) in [5, 5.41) is 8.71. The van der Waals surface area contributed by atoms with E-state index in [2.05, 4.69) is 0 Å². The maximum atomic E-state index is 12.4. The predicted octanol–water partition coefficient (Wildman–Crippen LogP) is 0.724. The standard InChI is InChI=1S/C12H20N2O3/c13-12(6-1-2-7-12)11(17)14(9-3-4-9)8-5-10(15)16/h9H,1-8,13H2,(H,15,16). The summed E-state index contributed by atoms with van der Waals surface area (Å²) >= 11 is 0. The van der Waals surface area contributed by atoms with E-state index in [9.17, 15) is 9.59 Å². The molecule has 1 amide bonds. The van der Waals surface area contributed by atoms with E-state index >= 15 is 0 Å². The van der Waals surface area contributed by atoms with Gasteiger partial charge in [-0.15, -0.1) is 0 Å². The van der Waals surface area contributed by atoms with Crippen LogP contribution in [0.25, 0.3) is 0 Å². The predicted molar refractivity (Wildman–Crippen MR) is 62.4 cm³/mol. The topological polar surface area (TPSA) is 83.6 Å². The number of hydrogen-bond donors (Lipinski definition) is 2. The maximum absolute atomic E-state index is 12.4. The molecule has 0 bridgehead atoms. The Bertz CT molecular complexity index is 320. The van der Waals surface area contributed by atoms with E-state index < -0.39 is 11.5 Å². The van der Waals surface area contributed by atoms with Crippen molar-refractivity contribution in [1.82, 2.24) is 4.90 Å². The first-order valence-electron chi connectivity index (χ1n) is 6.35. The molecule has 0 aromatic rings. The van der Waals surface area contributed by atoms with Crippen LogP contribution in [0.4, 0.5) is 0 Å². The van der Waals surface area contributed by atoms with Gasteiger partial charge in [-0.05, 0) is 25.7 Å². The molecule has 0 aromatic heterocycles. The van der Waals surface area contributed by atoms with Crippen molar-refractivity contribution in [2.75, 3.05) is 6.54 Å². The second kappa shape index (κ2) is 4.64. The fourth-order valence-corrected chi connectivity index (χ4v) is 2.56. The molecule has 5 nitrogen and oxygen atoms in total. The van der Waals surface area contributed by atoms with E-state index in [1.54, 1.807) is 4.90 Å². The molecule has 0 radical (unpaired) electrons. The lowest BCUT2D eigenvalue weighted by atomic mass is 9.97. The average Bonchev–Trinajstić information content (AvgIpc) is 3.01. The van der Waals surface area contributed by atoms with Gasteiger partial charge in [0.2, 0.25) is 5.91 Å². The summed E-state index contributed by atoms with van der Waals surface area (Å²) in [6.45, 7) is 0.303. The monoisotopic (exact) mass is 240 g/mol. The molecule has 5 heteroatoms. The number of carbonyl (C=O) groups is 2. The van der Waals surface area contributed by atoms with Gasteiger partial charge in [0.05, 0.1) is 12.0 Å². The summed E-state index contributed by atoms with van der Waals surface area (Å²) < 4.78 is 0. The molecule has 0 aliphatic heterocycles. The number of carboxylic acid groups (broad SMARTS) is 1. The number of nitrogens with zero attached hydrogens (tertiary/aromatic N) is 1. The van der Waals surface area contributed by atoms with Crippen molar-refractivity contribution in [3.8, 4) is 0 Å². The SMILES string of the molecule is NC1(C(=O)N(CCC(=O)O)C2CC2)CCCC1. The Kier molecular flexibility index (Phi) is 3.38. The molecule has 0 heterocycles. The molecule has 17 heavy (non-hydrogen) atoms. The molecule has 2 rings (SSSR count). The molecule has 2 saturated carbocycles. The third kappa shape index (κ3) is 2.77. The third-order valence-electron chi connectivity index (χ3n) is 3.74. The zero-order valence-corrected chi connectivity index (χ0v) is 10.0. The number of carbonyl (C=O) groups excluding carboxylic acids is 1. The highest BCUT2D eigenvalue weighted by molar-refractivity contribution is 5.87. The zero-order valence-electron chi connectivity index (χ0n) is 10.0. The summed E-state index contributed by atoms with van der Waals surface area (Å²) in [5.74, 6) is -0.889. The van der Waals surface area contributed by atoms with Crippen molar-refractivity contribution in [2.24, 2.45) is 5.73 Å².